The molecule has 1 aliphatic rings. The number of ketones is 2. The molecule has 0 saturated carbocycles. The molecule has 170 valence electrons. The summed E-state index contributed by atoms with van der Waals surface area (Å²) in [4.78, 5) is 54.9. The Morgan fingerprint density at radius 2 is 1.78 bits per heavy atom. The summed E-state index contributed by atoms with van der Waals surface area (Å²) in [5.41, 5.74) is 1.71. The molecule has 2 heterocycles. The lowest BCUT2D eigenvalue weighted by molar-refractivity contribution is -0.131. The number of hydrogen-bond acceptors (Lipinski definition) is 5. The molecule has 0 unspecified atom stereocenters. The van der Waals surface area contributed by atoms with E-state index in [0.717, 1.165) is 16.2 Å². The van der Waals surface area contributed by atoms with Crippen LogP contribution in [0.5, 0.6) is 5.75 Å². The third-order valence-corrected chi connectivity index (χ3v) is 6.17. The lowest BCUT2D eigenvalue weighted by Crippen LogP contribution is -2.47. The Morgan fingerprint density at radius 3 is 2.31 bits per heavy atom. The number of nitrogens with zero attached hydrogens (tertiary/aromatic N) is 1. The highest BCUT2D eigenvalue weighted by molar-refractivity contribution is 6.13. The minimum absolute atomic E-state index is 0.149. The van der Waals surface area contributed by atoms with E-state index in [1.807, 2.05) is 24.3 Å². The summed E-state index contributed by atoms with van der Waals surface area (Å²) in [6.07, 6.45) is 0.954. The predicted molar refractivity (Wildman–Crippen MR) is 119 cm³/mol. The van der Waals surface area contributed by atoms with E-state index in [1.165, 1.54) is 13.8 Å². The van der Waals surface area contributed by atoms with E-state index in [4.69, 9.17) is 4.74 Å². The number of carbonyl (C=O) groups is 4. The second kappa shape index (κ2) is 8.61. The summed E-state index contributed by atoms with van der Waals surface area (Å²) in [6.45, 7) is 8.04. The number of ether oxygens (including phenoxy) is 1. The molecule has 1 saturated heterocycles. The SMILES string of the molecule is COc1ccc(CC[C@]2(C)NC(=O)N([C@@H](C)C(=O)c3[nH]c(C)c(C(C)=O)c3C)C2=O)cc1. The van der Waals surface area contributed by atoms with E-state index in [1.54, 1.807) is 27.9 Å². The number of aryl methyl sites for hydroxylation is 2. The summed E-state index contributed by atoms with van der Waals surface area (Å²) in [6, 6.07) is 5.90. The molecule has 0 spiro atoms. The molecule has 1 aromatic carbocycles. The van der Waals surface area contributed by atoms with Crippen LogP contribution in [0.15, 0.2) is 24.3 Å². The Bertz CT molecular complexity index is 1090. The van der Waals surface area contributed by atoms with Gasteiger partial charge in [-0.1, -0.05) is 12.1 Å². The first kappa shape index (κ1) is 23.2. The first-order chi connectivity index (χ1) is 15.0. The summed E-state index contributed by atoms with van der Waals surface area (Å²) in [5, 5.41) is 2.76. The smallest absolute Gasteiger partial charge is 0.325 e. The number of H-pyrrole nitrogens is 1. The van der Waals surface area contributed by atoms with Crippen molar-refractivity contribution in [3.8, 4) is 5.75 Å². The van der Waals surface area contributed by atoms with Crippen LogP contribution in [0.1, 0.15) is 64.9 Å². The Labute approximate surface area is 187 Å². The maximum atomic E-state index is 13.2. The lowest BCUT2D eigenvalue weighted by Gasteiger charge is -2.24. The van der Waals surface area contributed by atoms with Gasteiger partial charge in [-0.2, -0.15) is 0 Å². The number of benzene rings is 1. The number of aromatic nitrogens is 1. The molecule has 8 nitrogen and oxygen atoms in total. The standard InChI is InChI=1S/C24H29N3O5/c1-13-19(16(4)28)14(2)25-20(13)21(29)15(3)27-22(30)24(5,26-23(27)31)12-11-17-7-9-18(32-6)10-8-17/h7-10,15,25H,11-12H2,1-6H3,(H,26,31)/t15-,24-/m0/s1. The molecular weight excluding hydrogens is 410 g/mol. The second-order valence-corrected chi connectivity index (χ2v) is 8.51. The fraction of sp³-hybridized carbons (Fsp3) is 0.417. The van der Waals surface area contributed by atoms with Crippen LogP contribution in [-0.2, 0) is 11.2 Å². The monoisotopic (exact) mass is 439 g/mol. The minimum Gasteiger partial charge on any atom is -0.497 e. The maximum absolute atomic E-state index is 13.2. The third-order valence-electron chi connectivity index (χ3n) is 6.17. The molecule has 0 aliphatic carbocycles. The zero-order chi connectivity index (χ0) is 23.8. The molecule has 3 rings (SSSR count). The van der Waals surface area contributed by atoms with E-state index in [9.17, 15) is 19.2 Å². The maximum Gasteiger partial charge on any atom is 0.325 e. The molecule has 2 N–H and O–H groups in total. The van der Waals surface area contributed by atoms with Crippen molar-refractivity contribution in [2.24, 2.45) is 0 Å². The minimum atomic E-state index is -1.11. The van der Waals surface area contributed by atoms with Gasteiger partial charge in [0.25, 0.3) is 5.91 Å². The fourth-order valence-electron chi connectivity index (χ4n) is 4.27. The highest BCUT2D eigenvalue weighted by Crippen LogP contribution is 2.28. The van der Waals surface area contributed by atoms with Gasteiger partial charge in [0.05, 0.1) is 12.8 Å². The van der Waals surface area contributed by atoms with Crippen LogP contribution < -0.4 is 10.1 Å². The van der Waals surface area contributed by atoms with Crippen molar-refractivity contribution < 1.29 is 23.9 Å². The number of amides is 3. The number of imide groups is 1. The van der Waals surface area contributed by atoms with Gasteiger partial charge in [0.1, 0.15) is 17.3 Å². The highest BCUT2D eigenvalue weighted by Gasteiger charge is 2.50. The second-order valence-electron chi connectivity index (χ2n) is 8.51. The first-order valence-electron chi connectivity index (χ1n) is 10.5. The largest absolute Gasteiger partial charge is 0.497 e. The number of aromatic amines is 1. The highest BCUT2D eigenvalue weighted by atomic mass is 16.5. The van der Waals surface area contributed by atoms with Gasteiger partial charge in [0.15, 0.2) is 5.78 Å². The lowest BCUT2D eigenvalue weighted by atomic mass is 9.92. The Morgan fingerprint density at radius 1 is 1.16 bits per heavy atom. The molecule has 1 aromatic heterocycles. The molecule has 3 amide bonds. The van der Waals surface area contributed by atoms with Crippen LogP contribution in [0.4, 0.5) is 4.79 Å². The Kier molecular flexibility index (Phi) is 6.25. The van der Waals surface area contributed by atoms with Gasteiger partial charge in [-0.25, -0.2) is 4.79 Å². The molecule has 2 aromatic rings. The van der Waals surface area contributed by atoms with Crippen LogP contribution in [0.25, 0.3) is 0 Å². The average molecular weight is 440 g/mol. The molecule has 32 heavy (non-hydrogen) atoms. The predicted octanol–water partition coefficient (Wildman–Crippen LogP) is 3.36. The molecular formula is C24H29N3O5. The van der Waals surface area contributed by atoms with E-state index in [0.29, 0.717) is 29.7 Å². The zero-order valence-electron chi connectivity index (χ0n) is 19.3. The Hall–Kier alpha value is -3.42. The van der Waals surface area contributed by atoms with Gasteiger partial charge in [0.2, 0.25) is 5.78 Å². The van der Waals surface area contributed by atoms with Crippen LogP contribution in [0, 0.1) is 13.8 Å². The van der Waals surface area contributed by atoms with Gasteiger partial charge in [0, 0.05) is 11.3 Å². The van der Waals surface area contributed by atoms with Crippen molar-refractivity contribution in [2.45, 2.75) is 59.0 Å². The van der Waals surface area contributed by atoms with Gasteiger partial charge in [-0.15, -0.1) is 0 Å². The summed E-state index contributed by atoms with van der Waals surface area (Å²) >= 11 is 0. The molecule has 2 atom stereocenters. The molecule has 8 heteroatoms. The number of nitrogens with one attached hydrogen (secondary N) is 2. The number of rotatable bonds is 8. The van der Waals surface area contributed by atoms with Crippen molar-refractivity contribution >= 4 is 23.5 Å². The van der Waals surface area contributed by atoms with Gasteiger partial charge < -0.3 is 15.0 Å². The van der Waals surface area contributed by atoms with Gasteiger partial charge >= 0.3 is 6.03 Å². The topological polar surface area (TPSA) is 109 Å². The van der Waals surface area contributed by atoms with E-state index in [2.05, 4.69) is 10.3 Å². The fourth-order valence-corrected chi connectivity index (χ4v) is 4.27. The normalized spacial score (nSPS) is 19.1. The Balaban J connectivity index is 1.77. The van der Waals surface area contributed by atoms with Crippen molar-refractivity contribution in [3.63, 3.8) is 0 Å². The van der Waals surface area contributed by atoms with Gasteiger partial charge in [-0.3, -0.25) is 19.3 Å². The molecule has 1 fully saturated rings. The average Bonchev–Trinajstić information content (AvgIpc) is 3.17. The van der Waals surface area contributed by atoms with Crippen LogP contribution in [-0.4, -0.2) is 52.1 Å². The number of urea groups is 1. The molecule has 0 bridgehead atoms. The van der Waals surface area contributed by atoms with Crippen molar-refractivity contribution in [1.82, 2.24) is 15.2 Å². The van der Waals surface area contributed by atoms with Crippen molar-refractivity contribution in [1.29, 1.82) is 0 Å². The number of methoxy groups -OCH3 is 1. The summed E-state index contributed by atoms with van der Waals surface area (Å²) in [5.74, 6) is -0.263. The van der Waals surface area contributed by atoms with E-state index < -0.39 is 29.3 Å². The number of carbonyl (C=O) groups excluding carboxylic acids is 4. The summed E-state index contributed by atoms with van der Waals surface area (Å²) in [7, 11) is 1.59. The molecule has 0 radical (unpaired) electrons. The third kappa shape index (κ3) is 4.04. The quantitative estimate of drug-likeness (QED) is 0.484. The number of Topliss-reactive ketones (excluding diaryl/α,β-unsaturated/α-hetero) is 2. The zero-order valence-corrected chi connectivity index (χ0v) is 19.3. The van der Waals surface area contributed by atoms with Crippen molar-refractivity contribution in [3.05, 3.63) is 52.3 Å². The van der Waals surface area contributed by atoms with E-state index >= 15 is 0 Å². The number of hydrogen-bond donors (Lipinski definition) is 2. The van der Waals surface area contributed by atoms with Crippen LogP contribution >= 0.6 is 0 Å². The van der Waals surface area contributed by atoms with Crippen molar-refractivity contribution in [2.75, 3.05) is 7.11 Å². The van der Waals surface area contributed by atoms with Crippen LogP contribution in [0.3, 0.4) is 0 Å². The van der Waals surface area contributed by atoms with E-state index in [-0.39, 0.29) is 11.5 Å². The van der Waals surface area contributed by atoms with Crippen LogP contribution in [0.2, 0.25) is 0 Å². The first-order valence-corrected chi connectivity index (χ1v) is 10.5. The van der Waals surface area contributed by atoms with Gasteiger partial charge in [-0.05, 0) is 70.7 Å². The summed E-state index contributed by atoms with van der Waals surface area (Å²) < 4.78 is 5.16. The molecule has 1 aliphatic heterocycles.